The van der Waals surface area contributed by atoms with Gasteiger partial charge in [-0.25, -0.2) is 9.37 Å². The normalized spacial score (nSPS) is 24.0. The Balaban J connectivity index is 1.69. The summed E-state index contributed by atoms with van der Waals surface area (Å²) in [4.78, 5) is 9.82. The monoisotopic (exact) mass is 359 g/mol. The fourth-order valence-electron chi connectivity index (χ4n) is 4.53. The van der Waals surface area contributed by atoms with Crippen LogP contribution in [0.4, 0.5) is 9.52 Å². The SMILES string of the molecule is CC1CN(C)CCN1c1nc(C2(c3ccccc3F)CCCC2)cs1. The van der Waals surface area contributed by atoms with Gasteiger partial charge in [-0.2, -0.15) is 0 Å². The van der Waals surface area contributed by atoms with Crippen molar-refractivity contribution in [3.8, 4) is 0 Å². The van der Waals surface area contributed by atoms with E-state index in [4.69, 9.17) is 4.98 Å². The Bertz CT molecular complexity index is 738. The van der Waals surface area contributed by atoms with Crippen molar-refractivity contribution in [2.45, 2.75) is 44.1 Å². The highest BCUT2D eigenvalue weighted by Crippen LogP contribution is 2.48. The maximum Gasteiger partial charge on any atom is 0.185 e. The van der Waals surface area contributed by atoms with E-state index >= 15 is 0 Å². The summed E-state index contributed by atoms with van der Waals surface area (Å²) in [7, 11) is 2.17. The van der Waals surface area contributed by atoms with Gasteiger partial charge < -0.3 is 9.80 Å². The molecule has 1 saturated carbocycles. The molecule has 4 rings (SSSR count). The number of halogens is 1. The standard InChI is InChI=1S/C20H26FN3S/c1-15-13-23(2)11-12-24(15)19-22-18(14-25-19)20(9-5-6-10-20)16-7-3-4-8-17(16)21/h3-4,7-8,14-15H,5-6,9-13H2,1-2H3. The van der Waals surface area contributed by atoms with E-state index in [0.29, 0.717) is 6.04 Å². The predicted molar refractivity (Wildman–Crippen MR) is 102 cm³/mol. The molecule has 1 aromatic heterocycles. The number of thiazole rings is 1. The van der Waals surface area contributed by atoms with Crippen LogP contribution in [-0.2, 0) is 5.41 Å². The number of aromatic nitrogens is 1. The molecule has 134 valence electrons. The van der Waals surface area contributed by atoms with Crippen molar-refractivity contribution in [2.75, 3.05) is 31.6 Å². The molecule has 0 bridgehead atoms. The molecular weight excluding hydrogens is 333 g/mol. The first-order chi connectivity index (χ1) is 12.1. The number of benzene rings is 1. The molecule has 1 unspecified atom stereocenters. The average Bonchev–Trinajstić information content (AvgIpc) is 3.25. The summed E-state index contributed by atoms with van der Waals surface area (Å²) in [5, 5.41) is 3.27. The number of nitrogens with zero attached hydrogens (tertiary/aromatic N) is 3. The smallest absolute Gasteiger partial charge is 0.185 e. The fourth-order valence-corrected chi connectivity index (χ4v) is 5.58. The van der Waals surface area contributed by atoms with Crippen LogP contribution in [0, 0.1) is 5.82 Å². The second-order valence-electron chi connectivity index (χ2n) is 7.59. The molecule has 2 aliphatic rings. The Labute approximate surface area is 153 Å². The van der Waals surface area contributed by atoms with Gasteiger partial charge in [0.15, 0.2) is 5.13 Å². The zero-order valence-electron chi connectivity index (χ0n) is 15.0. The van der Waals surface area contributed by atoms with Crippen LogP contribution < -0.4 is 4.90 Å². The van der Waals surface area contributed by atoms with Gasteiger partial charge in [-0.05, 0) is 38.4 Å². The van der Waals surface area contributed by atoms with Gasteiger partial charge in [0.05, 0.1) is 5.69 Å². The summed E-state index contributed by atoms with van der Waals surface area (Å²) in [5.41, 5.74) is 1.66. The van der Waals surface area contributed by atoms with Crippen LogP contribution in [-0.4, -0.2) is 42.6 Å². The lowest BCUT2D eigenvalue weighted by atomic mass is 9.76. The van der Waals surface area contributed by atoms with Crippen LogP contribution in [0.25, 0.3) is 0 Å². The third kappa shape index (κ3) is 2.97. The van der Waals surface area contributed by atoms with Crippen LogP contribution in [0.3, 0.4) is 0 Å². The Morgan fingerprint density at radius 2 is 1.96 bits per heavy atom. The number of anilines is 1. The topological polar surface area (TPSA) is 19.4 Å². The minimum Gasteiger partial charge on any atom is -0.343 e. The van der Waals surface area contributed by atoms with Crippen LogP contribution in [0.1, 0.15) is 43.9 Å². The van der Waals surface area contributed by atoms with E-state index in [-0.39, 0.29) is 11.2 Å². The van der Waals surface area contributed by atoms with E-state index < -0.39 is 0 Å². The molecule has 0 amide bonds. The molecule has 25 heavy (non-hydrogen) atoms. The number of hydrogen-bond donors (Lipinski definition) is 0. The third-order valence-electron chi connectivity index (χ3n) is 5.91. The summed E-state index contributed by atoms with van der Waals surface area (Å²) < 4.78 is 14.6. The summed E-state index contributed by atoms with van der Waals surface area (Å²) in [6.45, 7) is 5.40. The molecule has 5 heteroatoms. The van der Waals surface area contributed by atoms with Gasteiger partial charge in [-0.3, -0.25) is 0 Å². The largest absolute Gasteiger partial charge is 0.343 e. The Hall–Kier alpha value is -1.46. The molecule has 2 aromatic rings. The van der Waals surface area contributed by atoms with Gasteiger partial charge in [0.1, 0.15) is 5.82 Å². The molecular formula is C20H26FN3S. The van der Waals surface area contributed by atoms with Crippen LogP contribution in [0.2, 0.25) is 0 Å². The molecule has 0 N–H and O–H groups in total. The lowest BCUT2D eigenvalue weighted by Crippen LogP contribution is -2.50. The third-order valence-corrected chi connectivity index (χ3v) is 6.78. The predicted octanol–water partition coefficient (Wildman–Crippen LogP) is 4.28. The summed E-state index contributed by atoms with van der Waals surface area (Å²) in [6, 6.07) is 7.74. The molecule has 0 radical (unpaired) electrons. The summed E-state index contributed by atoms with van der Waals surface area (Å²) >= 11 is 1.72. The minimum atomic E-state index is -0.240. The molecule has 2 heterocycles. The molecule has 2 fully saturated rings. The van der Waals surface area contributed by atoms with Crippen molar-refractivity contribution < 1.29 is 4.39 Å². The Kier molecular flexibility index (Phi) is 4.54. The van der Waals surface area contributed by atoms with Crippen LogP contribution >= 0.6 is 11.3 Å². The number of piperazine rings is 1. The first-order valence-electron chi connectivity index (χ1n) is 9.26. The summed E-state index contributed by atoms with van der Waals surface area (Å²) in [6.07, 6.45) is 4.28. The molecule has 3 nitrogen and oxygen atoms in total. The summed E-state index contributed by atoms with van der Waals surface area (Å²) in [5.74, 6) is -0.0908. The Morgan fingerprint density at radius 1 is 1.20 bits per heavy atom. The second-order valence-corrected chi connectivity index (χ2v) is 8.43. The zero-order chi connectivity index (χ0) is 17.4. The first-order valence-corrected chi connectivity index (χ1v) is 10.1. The van der Waals surface area contributed by atoms with E-state index in [1.54, 1.807) is 23.5 Å². The van der Waals surface area contributed by atoms with Crippen LogP contribution in [0.15, 0.2) is 29.6 Å². The van der Waals surface area contributed by atoms with Gasteiger partial charge in [-0.15, -0.1) is 11.3 Å². The van der Waals surface area contributed by atoms with E-state index in [1.165, 1.54) is 0 Å². The lowest BCUT2D eigenvalue weighted by Gasteiger charge is -2.38. The van der Waals surface area contributed by atoms with Crippen molar-refractivity contribution >= 4 is 16.5 Å². The molecule has 1 atom stereocenters. The van der Waals surface area contributed by atoms with Crippen molar-refractivity contribution in [1.82, 2.24) is 9.88 Å². The quantitative estimate of drug-likeness (QED) is 0.815. The first kappa shape index (κ1) is 17.0. The molecule has 0 spiro atoms. The van der Waals surface area contributed by atoms with Gasteiger partial charge in [0, 0.05) is 36.5 Å². The van der Waals surface area contributed by atoms with Crippen molar-refractivity contribution in [3.63, 3.8) is 0 Å². The molecule has 1 aliphatic heterocycles. The Morgan fingerprint density at radius 3 is 2.68 bits per heavy atom. The maximum absolute atomic E-state index is 14.6. The number of likely N-dealkylation sites (N-methyl/N-ethyl adjacent to an activating group) is 1. The van der Waals surface area contributed by atoms with Gasteiger partial charge in [-0.1, -0.05) is 31.0 Å². The molecule has 1 aromatic carbocycles. The highest BCUT2D eigenvalue weighted by molar-refractivity contribution is 7.13. The fraction of sp³-hybridized carbons (Fsp3) is 0.550. The van der Waals surface area contributed by atoms with Crippen molar-refractivity contribution in [1.29, 1.82) is 0 Å². The van der Waals surface area contributed by atoms with E-state index in [2.05, 4.69) is 29.2 Å². The van der Waals surface area contributed by atoms with Crippen molar-refractivity contribution in [2.24, 2.45) is 0 Å². The minimum absolute atomic E-state index is 0.0908. The van der Waals surface area contributed by atoms with Gasteiger partial charge in [0.2, 0.25) is 0 Å². The maximum atomic E-state index is 14.6. The van der Waals surface area contributed by atoms with Crippen molar-refractivity contribution in [3.05, 3.63) is 46.7 Å². The lowest BCUT2D eigenvalue weighted by molar-refractivity contribution is 0.275. The van der Waals surface area contributed by atoms with E-state index in [0.717, 1.165) is 61.7 Å². The van der Waals surface area contributed by atoms with Gasteiger partial charge in [0.25, 0.3) is 0 Å². The zero-order valence-corrected chi connectivity index (χ0v) is 15.9. The average molecular weight is 360 g/mol. The highest BCUT2D eigenvalue weighted by atomic mass is 32.1. The molecule has 1 aliphatic carbocycles. The van der Waals surface area contributed by atoms with E-state index in [9.17, 15) is 4.39 Å². The second kappa shape index (κ2) is 6.69. The number of rotatable bonds is 3. The van der Waals surface area contributed by atoms with Gasteiger partial charge >= 0.3 is 0 Å². The van der Waals surface area contributed by atoms with E-state index in [1.807, 2.05) is 12.1 Å². The number of hydrogen-bond acceptors (Lipinski definition) is 4. The van der Waals surface area contributed by atoms with Crippen LogP contribution in [0.5, 0.6) is 0 Å². The molecule has 1 saturated heterocycles. The highest BCUT2D eigenvalue weighted by Gasteiger charge is 2.41.